The molecule has 15 heavy (non-hydrogen) atoms. The zero-order chi connectivity index (χ0) is 10.7. The van der Waals surface area contributed by atoms with Crippen LogP contribution in [0.15, 0.2) is 4.99 Å². The van der Waals surface area contributed by atoms with E-state index in [1.54, 1.807) is 0 Å². The van der Waals surface area contributed by atoms with Crippen LogP contribution in [0.4, 0.5) is 0 Å². The van der Waals surface area contributed by atoms with Crippen molar-refractivity contribution in [2.75, 3.05) is 13.1 Å². The third kappa shape index (κ3) is 2.84. The van der Waals surface area contributed by atoms with E-state index in [0.29, 0.717) is 6.04 Å². The van der Waals surface area contributed by atoms with Crippen LogP contribution in [0.2, 0.25) is 0 Å². The lowest BCUT2D eigenvalue weighted by Crippen LogP contribution is -2.47. The molecule has 0 aromatic rings. The Bertz CT molecular complexity index is 231. The molecule has 0 bridgehead atoms. The number of hydrogen-bond donors (Lipinski definition) is 2. The lowest BCUT2D eigenvalue weighted by Gasteiger charge is -2.33. The number of nitrogens with two attached hydrogens (primary N) is 1. The average Bonchev–Trinajstić information content (AvgIpc) is 2.98. The second kappa shape index (κ2) is 4.84. The van der Waals surface area contributed by atoms with E-state index < -0.39 is 0 Å². The summed E-state index contributed by atoms with van der Waals surface area (Å²) in [6.45, 7) is 4.27. The van der Waals surface area contributed by atoms with E-state index in [1.165, 1.54) is 32.1 Å². The first-order valence-electron chi connectivity index (χ1n) is 6.12. The molecule has 0 aromatic heterocycles. The Morgan fingerprint density at radius 3 is 2.53 bits per heavy atom. The molecule has 86 valence electrons. The molecule has 0 unspecified atom stereocenters. The van der Waals surface area contributed by atoms with Gasteiger partial charge >= 0.3 is 0 Å². The maximum Gasteiger partial charge on any atom is 0.208 e. The van der Waals surface area contributed by atoms with Gasteiger partial charge in [0.2, 0.25) is 5.96 Å². The summed E-state index contributed by atoms with van der Waals surface area (Å²) in [4.78, 5) is 6.88. The van der Waals surface area contributed by atoms with Gasteiger partial charge in [0.15, 0.2) is 0 Å². The summed E-state index contributed by atoms with van der Waals surface area (Å²) in [5, 5.41) is 0. The molecule has 0 amide bonds. The Kier molecular flexibility index (Phi) is 3.46. The molecule has 3 N–H and O–H groups in total. The summed E-state index contributed by atoms with van der Waals surface area (Å²) in [7, 11) is 0. The Hall–Kier alpha value is -0.770. The normalized spacial score (nSPS) is 22.4. The summed E-state index contributed by atoms with van der Waals surface area (Å²) in [6, 6.07) is 0.534. The van der Waals surface area contributed by atoms with Gasteiger partial charge in [0.25, 0.3) is 0 Å². The topological polar surface area (TPSA) is 53.6 Å². The van der Waals surface area contributed by atoms with Crippen LogP contribution in [0.25, 0.3) is 0 Å². The number of guanidine groups is 1. The summed E-state index contributed by atoms with van der Waals surface area (Å²) in [6.07, 6.45) is 6.60. The average molecular weight is 210 g/mol. The van der Waals surface area contributed by atoms with Crippen LogP contribution in [0.3, 0.4) is 0 Å². The molecule has 0 aromatic carbocycles. The van der Waals surface area contributed by atoms with Crippen LogP contribution >= 0.6 is 0 Å². The molecule has 4 heteroatoms. The highest BCUT2D eigenvalue weighted by atomic mass is 15.4. The highest BCUT2D eigenvalue weighted by molar-refractivity contribution is 5.79. The molecule has 2 aliphatic carbocycles. The minimum atomic E-state index is 0.534. The van der Waals surface area contributed by atoms with Crippen LogP contribution in [-0.4, -0.2) is 30.0 Å². The molecule has 2 saturated carbocycles. The lowest BCUT2D eigenvalue weighted by molar-refractivity contribution is 0.240. The van der Waals surface area contributed by atoms with Gasteiger partial charge in [-0.2, -0.15) is 0 Å². The zero-order valence-corrected chi connectivity index (χ0v) is 9.58. The molecule has 0 atom stereocenters. The van der Waals surface area contributed by atoms with Crippen molar-refractivity contribution in [3.8, 4) is 0 Å². The Balaban J connectivity index is 1.89. The number of nitrogens with zero attached hydrogens (tertiary/aromatic N) is 2. The van der Waals surface area contributed by atoms with E-state index in [4.69, 9.17) is 5.84 Å². The Morgan fingerprint density at radius 1 is 1.40 bits per heavy atom. The fraction of sp³-hybridized carbons (Fsp3) is 0.909. The van der Waals surface area contributed by atoms with Crippen LogP contribution in [0.1, 0.15) is 39.0 Å². The van der Waals surface area contributed by atoms with Gasteiger partial charge in [-0.05, 0) is 38.5 Å². The van der Waals surface area contributed by atoms with Crippen molar-refractivity contribution in [3.63, 3.8) is 0 Å². The van der Waals surface area contributed by atoms with Crippen molar-refractivity contribution in [1.29, 1.82) is 0 Å². The smallest absolute Gasteiger partial charge is 0.208 e. The van der Waals surface area contributed by atoms with Crippen LogP contribution in [0, 0.1) is 5.92 Å². The van der Waals surface area contributed by atoms with Gasteiger partial charge in [0.05, 0.1) is 6.04 Å². The standard InChI is InChI=1S/C11H22N4/c1-2-15(8-9-4-3-5-9)11(14-12)13-10-6-7-10/h9-10H,2-8,12H2,1H3,(H,13,14). The first-order chi connectivity index (χ1) is 7.33. The van der Waals surface area contributed by atoms with Gasteiger partial charge in [-0.1, -0.05) is 6.42 Å². The van der Waals surface area contributed by atoms with Crippen molar-refractivity contribution in [1.82, 2.24) is 10.3 Å². The molecule has 2 rings (SSSR count). The summed E-state index contributed by atoms with van der Waals surface area (Å²) >= 11 is 0. The molecule has 0 heterocycles. The van der Waals surface area contributed by atoms with Gasteiger partial charge in [0.1, 0.15) is 0 Å². The molecule has 2 fully saturated rings. The minimum absolute atomic E-state index is 0.534. The van der Waals surface area contributed by atoms with Crippen molar-refractivity contribution in [3.05, 3.63) is 0 Å². The van der Waals surface area contributed by atoms with Gasteiger partial charge in [-0.25, -0.2) is 10.8 Å². The Labute approximate surface area is 91.9 Å². The van der Waals surface area contributed by atoms with Crippen LogP contribution in [0.5, 0.6) is 0 Å². The monoisotopic (exact) mass is 210 g/mol. The SMILES string of the molecule is CCN(CC1CCC1)C(=NC1CC1)NN. The summed E-state index contributed by atoms with van der Waals surface area (Å²) in [5.74, 6) is 7.30. The van der Waals surface area contributed by atoms with Gasteiger partial charge in [0, 0.05) is 13.1 Å². The van der Waals surface area contributed by atoms with Gasteiger partial charge < -0.3 is 4.90 Å². The number of aliphatic imine (C=N–C) groups is 1. The minimum Gasteiger partial charge on any atom is -0.342 e. The van der Waals surface area contributed by atoms with Crippen LogP contribution in [-0.2, 0) is 0 Å². The second-order valence-electron chi connectivity index (χ2n) is 4.66. The predicted molar refractivity (Wildman–Crippen MR) is 62.4 cm³/mol. The second-order valence-corrected chi connectivity index (χ2v) is 4.66. The van der Waals surface area contributed by atoms with Gasteiger partial charge in [-0.15, -0.1) is 0 Å². The first-order valence-corrected chi connectivity index (χ1v) is 6.12. The molecule has 0 radical (unpaired) electrons. The number of hydrazine groups is 1. The van der Waals surface area contributed by atoms with E-state index in [2.05, 4.69) is 22.2 Å². The molecule has 2 aliphatic rings. The lowest BCUT2D eigenvalue weighted by atomic mass is 9.85. The van der Waals surface area contributed by atoms with E-state index in [1.807, 2.05) is 0 Å². The molecule has 4 nitrogen and oxygen atoms in total. The number of rotatable bonds is 4. The molecule has 0 saturated heterocycles. The maximum absolute atomic E-state index is 5.54. The molecule has 0 spiro atoms. The largest absolute Gasteiger partial charge is 0.342 e. The van der Waals surface area contributed by atoms with Crippen molar-refractivity contribution in [2.45, 2.75) is 45.1 Å². The third-order valence-electron chi connectivity index (χ3n) is 3.37. The fourth-order valence-corrected chi connectivity index (χ4v) is 1.94. The Morgan fingerprint density at radius 2 is 2.13 bits per heavy atom. The quantitative estimate of drug-likeness (QED) is 0.316. The van der Waals surface area contributed by atoms with Gasteiger partial charge in [-0.3, -0.25) is 5.43 Å². The number of hydrogen-bond acceptors (Lipinski definition) is 2. The molecule has 0 aliphatic heterocycles. The fourth-order valence-electron chi connectivity index (χ4n) is 1.94. The van der Waals surface area contributed by atoms with E-state index in [9.17, 15) is 0 Å². The number of nitrogens with one attached hydrogen (secondary N) is 1. The molecular weight excluding hydrogens is 188 g/mol. The highest BCUT2D eigenvalue weighted by Gasteiger charge is 2.25. The van der Waals surface area contributed by atoms with Crippen LogP contribution < -0.4 is 11.3 Å². The van der Waals surface area contributed by atoms with Crippen molar-refractivity contribution >= 4 is 5.96 Å². The third-order valence-corrected chi connectivity index (χ3v) is 3.37. The first kappa shape index (κ1) is 10.7. The van der Waals surface area contributed by atoms with Crippen molar-refractivity contribution < 1.29 is 0 Å². The predicted octanol–water partition coefficient (Wildman–Crippen LogP) is 1.09. The molecular formula is C11H22N4. The van der Waals surface area contributed by atoms with E-state index in [0.717, 1.165) is 25.0 Å². The van der Waals surface area contributed by atoms with E-state index >= 15 is 0 Å². The highest BCUT2D eigenvalue weighted by Crippen LogP contribution is 2.28. The summed E-state index contributed by atoms with van der Waals surface area (Å²) in [5.41, 5.74) is 2.75. The van der Waals surface area contributed by atoms with Crippen molar-refractivity contribution in [2.24, 2.45) is 16.8 Å². The zero-order valence-electron chi connectivity index (χ0n) is 9.58. The van der Waals surface area contributed by atoms with E-state index in [-0.39, 0.29) is 0 Å². The summed E-state index contributed by atoms with van der Waals surface area (Å²) < 4.78 is 0. The maximum atomic E-state index is 5.54.